The highest BCUT2D eigenvalue weighted by molar-refractivity contribution is 6.30. The predicted molar refractivity (Wildman–Crippen MR) is 104 cm³/mol. The number of rotatable bonds is 5. The number of β-amino-alcohol motifs (C(OH)–C–C–N with tert-alkyl or cyclic N) is 1. The first kappa shape index (κ1) is 19.1. The molecular formula is C19H24Cl2N2O. The molecule has 2 aromatic rings. The number of aliphatic hydroxyl groups is 1. The first-order valence-corrected chi connectivity index (χ1v) is 8.53. The van der Waals surface area contributed by atoms with Gasteiger partial charge in [-0.05, 0) is 30.2 Å². The van der Waals surface area contributed by atoms with Crippen molar-refractivity contribution in [2.75, 3.05) is 37.6 Å². The second-order valence-corrected chi connectivity index (χ2v) is 6.55. The summed E-state index contributed by atoms with van der Waals surface area (Å²) in [5.41, 5.74) is 2.37. The van der Waals surface area contributed by atoms with Crippen LogP contribution in [0.2, 0.25) is 5.02 Å². The number of hydrogen-bond donors (Lipinski definition) is 1. The van der Waals surface area contributed by atoms with E-state index in [4.69, 9.17) is 11.6 Å². The Bertz CT molecular complexity index is 616. The summed E-state index contributed by atoms with van der Waals surface area (Å²) < 4.78 is 0. The van der Waals surface area contributed by atoms with Gasteiger partial charge in [0.25, 0.3) is 0 Å². The number of aliphatic hydroxyl groups excluding tert-OH is 1. The maximum absolute atomic E-state index is 10.3. The molecule has 0 radical (unpaired) electrons. The summed E-state index contributed by atoms with van der Waals surface area (Å²) in [5, 5.41) is 11.1. The van der Waals surface area contributed by atoms with Gasteiger partial charge in [0.1, 0.15) is 0 Å². The third kappa shape index (κ3) is 5.38. The van der Waals surface area contributed by atoms with Crippen molar-refractivity contribution in [3.05, 3.63) is 65.2 Å². The molecule has 1 saturated heterocycles. The molecule has 1 aliphatic heterocycles. The lowest BCUT2D eigenvalue weighted by molar-refractivity contribution is 0.109. The van der Waals surface area contributed by atoms with Crippen LogP contribution in [0.5, 0.6) is 0 Å². The minimum absolute atomic E-state index is 0. The molecule has 2 aromatic carbocycles. The van der Waals surface area contributed by atoms with E-state index in [0.717, 1.165) is 44.2 Å². The Hall–Kier alpha value is -1.26. The van der Waals surface area contributed by atoms with Gasteiger partial charge in [0.15, 0.2) is 0 Å². The first-order valence-electron chi connectivity index (χ1n) is 8.15. The van der Waals surface area contributed by atoms with Crippen molar-refractivity contribution < 1.29 is 5.11 Å². The van der Waals surface area contributed by atoms with Crippen molar-refractivity contribution in [1.82, 2.24) is 4.90 Å². The van der Waals surface area contributed by atoms with E-state index < -0.39 is 0 Å². The quantitative estimate of drug-likeness (QED) is 0.877. The van der Waals surface area contributed by atoms with Gasteiger partial charge in [0.2, 0.25) is 0 Å². The Morgan fingerprint density at radius 1 is 0.958 bits per heavy atom. The molecule has 1 fully saturated rings. The van der Waals surface area contributed by atoms with E-state index >= 15 is 0 Å². The zero-order valence-electron chi connectivity index (χ0n) is 13.6. The lowest BCUT2D eigenvalue weighted by Crippen LogP contribution is -2.48. The first-order chi connectivity index (χ1) is 11.2. The Balaban J connectivity index is 0.00000208. The number of piperazine rings is 1. The van der Waals surface area contributed by atoms with E-state index in [-0.39, 0.29) is 18.5 Å². The van der Waals surface area contributed by atoms with Crippen LogP contribution < -0.4 is 4.90 Å². The second-order valence-electron chi connectivity index (χ2n) is 6.11. The van der Waals surface area contributed by atoms with Crippen molar-refractivity contribution in [2.45, 2.75) is 12.5 Å². The minimum atomic E-state index is -0.310. The van der Waals surface area contributed by atoms with Crippen molar-refractivity contribution in [3.63, 3.8) is 0 Å². The molecule has 1 aliphatic rings. The largest absolute Gasteiger partial charge is 0.391 e. The standard InChI is InChI=1S/C19H23ClN2O.ClH/c20-17-7-4-8-18(14-17)22-11-9-21(10-12-22)15-19(23)13-16-5-2-1-3-6-16;/h1-8,14,19,23H,9-13,15H2;1H. The Morgan fingerprint density at radius 3 is 2.33 bits per heavy atom. The molecule has 1 atom stereocenters. The molecule has 0 amide bonds. The molecule has 5 heteroatoms. The molecule has 1 heterocycles. The third-order valence-electron chi connectivity index (χ3n) is 4.33. The minimum Gasteiger partial charge on any atom is -0.391 e. The van der Waals surface area contributed by atoms with E-state index in [1.807, 2.05) is 36.4 Å². The summed E-state index contributed by atoms with van der Waals surface area (Å²) in [6.45, 7) is 4.62. The lowest BCUT2D eigenvalue weighted by atomic mass is 10.1. The monoisotopic (exact) mass is 366 g/mol. The molecule has 24 heavy (non-hydrogen) atoms. The molecule has 3 nitrogen and oxygen atoms in total. The Kier molecular flexibility index (Phi) is 7.38. The number of benzene rings is 2. The predicted octanol–water partition coefficient (Wildman–Crippen LogP) is 3.49. The summed E-state index contributed by atoms with van der Waals surface area (Å²) in [6.07, 6.45) is 0.408. The highest BCUT2D eigenvalue weighted by atomic mass is 35.5. The van der Waals surface area contributed by atoms with Crippen molar-refractivity contribution in [2.24, 2.45) is 0 Å². The summed E-state index contributed by atoms with van der Waals surface area (Å²) >= 11 is 6.07. The zero-order valence-corrected chi connectivity index (χ0v) is 15.2. The fourth-order valence-corrected chi connectivity index (χ4v) is 3.29. The molecule has 1 N–H and O–H groups in total. The molecule has 130 valence electrons. The van der Waals surface area contributed by atoms with Gasteiger partial charge in [0, 0.05) is 43.4 Å². The molecule has 0 aliphatic carbocycles. The highest BCUT2D eigenvalue weighted by Gasteiger charge is 2.19. The third-order valence-corrected chi connectivity index (χ3v) is 4.56. The molecule has 1 unspecified atom stereocenters. The van der Waals surface area contributed by atoms with Crippen molar-refractivity contribution >= 4 is 29.7 Å². The van der Waals surface area contributed by atoms with Crippen LogP contribution in [0.4, 0.5) is 5.69 Å². The maximum atomic E-state index is 10.3. The van der Waals surface area contributed by atoms with Crippen molar-refractivity contribution in [1.29, 1.82) is 0 Å². The summed E-state index contributed by atoms with van der Waals surface area (Å²) in [5.74, 6) is 0. The Morgan fingerprint density at radius 2 is 1.67 bits per heavy atom. The van der Waals surface area contributed by atoms with Gasteiger partial charge >= 0.3 is 0 Å². The number of anilines is 1. The number of nitrogens with zero attached hydrogens (tertiary/aromatic N) is 2. The average Bonchev–Trinajstić information content (AvgIpc) is 2.56. The van der Waals surface area contributed by atoms with Crippen LogP contribution in [-0.2, 0) is 6.42 Å². The fourth-order valence-electron chi connectivity index (χ4n) is 3.11. The summed E-state index contributed by atoms with van der Waals surface area (Å²) in [4.78, 5) is 4.70. The highest BCUT2D eigenvalue weighted by Crippen LogP contribution is 2.20. The second kappa shape index (κ2) is 9.28. The fraction of sp³-hybridized carbons (Fsp3) is 0.368. The molecule has 0 spiro atoms. The van der Waals surface area contributed by atoms with Gasteiger partial charge in [-0.1, -0.05) is 48.0 Å². The molecular weight excluding hydrogens is 343 g/mol. The van der Waals surface area contributed by atoms with Crippen molar-refractivity contribution in [3.8, 4) is 0 Å². The molecule has 0 aromatic heterocycles. The number of halogens is 2. The maximum Gasteiger partial charge on any atom is 0.0707 e. The topological polar surface area (TPSA) is 26.7 Å². The summed E-state index contributed by atoms with van der Waals surface area (Å²) in [7, 11) is 0. The number of hydrogen-bond acceptors (Lipinski definition) is 3. The average molecular weight is 367 g/mol. The normalized spacial score (nSPS) is 16.5. The van der Waals surface area contributed by atoms with Gasteiger partial charge in [-0.15, -0.1) is 12.4 Å². The van der Waals surface area contributed by atoms with Crippen LogP contribution in [0.25, 0.3) is 0 Å². The van der Waals surface area contributed by atoms with Gasteiger partial charge in [-0.25, -0.2) is 0 Å². The van der Waals surface area contributed by atoms with Crippen LogP contribution in [0, 0.1) is 0 Å². The van der Waals surface area contributed by atoms with Gasteiger partial charge in [-0.2, -0.15) is 0 Å². The van der Waals surface area contributed by atoms with Crippen LogP contribution in [0.15, 0.2) is 54.6 Å². The zero-order chi connectivity index (χ0) is 16.1. The Labute approximate surface area is 155 Å². The van der Waals surface area contributed by atoms with E-state index in [1.165, 1.54) is 11.3 Å². The molecule has 0 bridgehead atoms. The smallest absolute Gasteiger partial charge is 0.0707 e. The lowest BCUT2D eigenvalue weighted by Gasteiger charge is -2.37. The van der Waals surface area contributed by atoms with Crippen LogP contribution in [0.3, 0.4) is 0 Å². The van der Waals surface area contributed by atoms with Crippen LogP contribution in [0.1, 0.15) is 5.56 Å². The molecule has 0 saturated carbocycles. The van der Waals surface area contributed by atoms with Gasteiger partial charge in [0.05, 0.1) is 6.10 Å². The SMILES string of the molecule is Cl.OC(Cc1ccccc1)CN1CCN(c2cccc(Cl)c2)CC1. The van der Waals surface area contributed by atoms with E-state index in [2.05, 4.69) is 28.0 Å². The van der Waals surface area contributed by atoms with E-state index in [0.29, 0.717) is 0 Å². The van der Waals surface area contributed by atoms with E-state index in [9.17, 15) is 5.11 Å². The van der Waals surface area contributed by atoms with Gasteiger partial charge in [-0.3, -0.25) is 4.90 Å². The molecule has 3 rings (SSSR count). The van der Waals surface area contributed by atoms with Crippen LogP contribution >= 0.6 is 24.0 Å². The van der Waals surface area contributed by atoms with Gasteiger partial charge < -0.3 is 10.0 Å². The van der Waals surface area contributed by atoms with Crippen LogP contribution in [-0.4, -0.2) is 48.8 Å². The summed E-state index contributed by atoms with van der Waals surface area (Å²) in [6, 6.07) is 18.2. The van der Waals surface area contributed by atoms with E-state index in [1.54, 1.807) is 0 Å².